The van der Waals surface area contributed by atoms with E-state index >= 15 is 0 Å². The van der Waals surface area contributed by atoms with E-state index < -0.39 is 20.7 Å². The number of aromatic nitrogens is 2. The Morgan fingerprint density at radius 3 is 2.47 bits per heavy atom. The summed E-state index contributed by atoms with van der Waals surface area (Å²) in [5.41, 5.74) is 1.75. The molecule has 1 heterocycles. The van der Waals surface area contributed by atoms with E-state index in [-0.39, 0.29) is 11.9 Å². The maximum absolute atomic E-state index is 13.1. The van der Waals surface area contributed by atoms with Crippen molar-refractivity contribution in [2.24, 2.45) is 0 Å². The lowest BCUT2D eigenvalue weighted by Gasteiger charge is -2.23. The van der Waals surface area contributed by atoms with E-state index in [0.29, 0.717) is 29.2 Å². The van der Waals surface area contributed by atoms with Gasteiger partial charge in [0.05, 0.1) is 21.4 Å². The minimum atomic E-state index is -3.49. The lowest BCUT2D eigenvalue weighted by atomic mass is 9.88. The monoisotopic (exact) mass is 470 g/mol. The molecule has 1 aliphatic rings. The first-order valence-electron chi connectivity index (χ1n) is 10.2. The molecule has 166 valence electrons. The molecule has 0 atom stereocenters. The molecule has 0 spiro atoms. The van der Waals surface area contributed by atoms with Gasteiger partial charge in [0.25, 0.3) is 0 Å². The molecule has 2 aromatic carbocycles. The summed E-state index contributed by atoms with van der Waals surface area (Å²) < 4.78 is 26.8. The summed E-state index contributed by atoms with van der Waals surface area (Å²) >= 11 is 6.45. The van der Waals surface area contributed by atoms with E-state index in [1.165, 1.54) is 6.20 Å². The average Bonchev–Trinajstić information content (AvgIpc) is 3.60. The van der Waals surface area contributed by atoms with Crippen LogP contribution in [0.1, 0.15) is 32.4 Å². The van der Waals surface area contributed by atoms with E-state index in [1.807, 2.05) is 36.4 Å². The molecule has 3 aromatic rings. The highest BCUT2D eigenvalue weighted by molar-refractivity contribution is 7.93. The number of rotatable bonds is 7. The Morgan fingerprint density at radius 2 is 1.81 bits per heavy atom. The lowest BCUT2D eigenvalue weighted by Crippen LogP contribution is -2.36. The van der Waals surface area contributed by atoms with E-state index in [1.54, 1.807) is 32.0 Å². The third kappa shape index (κ3) is 4.76. The molecule has 0 bridgehead atoms. The lowest BCUT2D eigenvalue weighted by molar-refractivity contribution is -0.120. The van der Waals surface area contributed by atoms with Crippen LogP contribution in [-0.2, 0) is 20.2 Å². The second-order valence-electron chi connectivity index (χ2n) is 8.25. The zero-order valence-electron chi connectivity index (χ0n) is 17.7. The van der Waals surface area contributed by atoms with E-state index in [9.17, 15) is 13.2 Å². The number of hydrogen-bond acceptors (Lipinski definition) is 5. The predicted octanol–water partition coefficient (Wildman–Crippen LogP) is 4.62. The molecule has 1 amide bonds. The molecule has 9 heteroatoms. The van der Waals surface area contributed by atoms with Gasteiger partial charge in [0.1, 0.15) is 0 Å². The number of hydrogen-bond donors (Lipinski definition) is 2. The van der Waals surface area contributed by atoms with Gasteiger partial charge in [0, 0.05) is 17.4 Å². The Kier molecular flexibility index (Phi) is 5.92. The van der Waals surface area contributed by atoms with Gasteiger partial charge in [-0.25, -0.2) is 18.4 Å². The highest BCUT2D eigenvalue weighted by atomic mass is 35.5. The molecular weight excluding hydrogens is 448 g/mol. The fraction of sp³-hybridized carbons (Fsp3) is 0.261. The van der Waals surface area contributed by atoms with Gasteiger partial charge in [-0.2, -0.15) is 0 Å². The van der Waals surface area contributed by atoms with Gasteiger partial charge >= 0.3 is 0 Å². The highest BCUT2D eigenvalue weighted by Gasteiger charge is 2.37. The summed E-state index contributed by atoms with van der Waals surface area (Å²) in [6, 6.07) is 16.7. The van der Waals surface area contributed by atoms with Crippen LogP contribution in [0.5, 0.6) is 0 Å². The molecule has 0 unspecified atom stereocenters. The Hall–Kier alpha value is -2.97. The van der Waals surface area contributed by atoms with Gasteiger partial charge in [0.2, 0.25) is 21.9 Å². The molecule has 7 nitrogen and oxygen atoms in total. The SMILES string of the molecule is CC(C)(C(=O)Nc1ccc(-c2ccccc2)c(Cl)c1)c1ccnc(NS(=O)(=O)C2CC2)n1. The number of nitrogens with one attached hydrogen (secondary N) is 2. The van der Waals surface area contributed by atoms with E-state index in [4.69, 9.17) is 11.6 Å². The van der Waals surface area contributed by atoms with Crippen LogP contribution in [0.15, 0.2) is 60.8 Å². The minimum Gasteiger partial charge on any atom is -0.325 e. The summed E-state index contributed by atoms with van der Waals surface area (Å²) in [4.78, 5) is 21.3. The van der Waals surface area contributed by atoms with Crippen LogP contribution in [-0.4, -0.2) is 29.5 Å². The predicted molar refractivity (Wildman–Crippen MR) is 126 cm³/mol. The average molecular weight is 471 g/mol. The molecule has 2 N–H and O–H groups in total. The topological polar surface area (TPSA) is 101 Å². The minimum absolute atomic E-state index is 0.0365. The van der Waals surface area contributed by atoms with Crippen molar-refractivity contribution >= 4 is 39.2 Å². The van der Waals surface area contributed by atoms with Crippen molar-refractivity contribution in [2.75, 3.05) is 10.0 Å². The van der Waals surface area contributed by atoms with Crippen molar-refractivity contribution < 1.29 is 13.2 Å². The van der Waals surface area contributed by atoms with Crippen molar-refractivity contribution in [1.29, 1.82) is 0 Å². The zero-order chi connectivity index (χ0) is 22.9. The number of nitrogens with zero attached hydrogens (tertiary/aromatic N) is 2. The number of amides is 1. The van der Waals surface area contributed by atoms with Crippen LogP contribution in [0.25, 0.3) is 11.1 Å². The van der Waals surface area contributed by atoms with Crippen LogP contribution >= 0.6 is 11.6 Å². The van der Waals surface area contributed by atoms with Crippen LogP contribution in [0.2, 0.25) is 5.02 Å². The van der Waals surface area contributed by atoms with Crippen LogP contribution in [0, 0.1) is 0 Å². The molecule has 0 aliphatic heterocycles. The molecule has 1 aromatic heterocycles. The van der Waals surface area contributed by atoms with Crippen molar-refractivity contribution in [2.45, 2.75) is 37.4 Å². The van der Waals surface area contributed by atoms with Gasteiger partial charge in [-0.05, 0) is 50.5 Å². The smallest absolute Gasteiger partial charge is 0.237 e. The van der Waals surface area contributed by atoms with E-state index in [2.05, 4.69) is 20.0 Å². The summed E-state index contributed by atoms with van der Waals surface area (Å²) in [5.74, 6) is -0.346. The summed E-state index contributed by atoms with van der Waals surface area (Å²) in [7, 11) is -3.49. The first-order valence-corrected chi connectivity index (χ1v) is 12.1. The maximum atomic E-state index is 13.1. The summed E-state index contributed by atoms with van der Waals surface area (Å²) in [6.45, 7) is 3.42. The third-order valence-corrected chi connectivity index (χ3v) is 7.50. The third-order valence-electron chi connectivity index (χ3n) is 5.37. The molecule has 1 aliphatic carbocycles. The zero-order valence-corrected chi connectivity index (χ0v) is 19.2. The number of sulfonamides is 1. The number of anilines is 2. The largest absolute Gasteiger partial charge is 0.325 e. The molecule has 32 heavy (non-hydrogen) atoms. The Morgan fingerprint density at radius 1 is 1.09 bits per heavy atom. The summed E-state index contributed by atoms with van der Waals surface area (Å²) in [5, 5.41) is 3.00. The van der Waals surface area contributed by atoms with Crippen molar-refractivity contribution in [3.05, 3.63) is 71.5 Å². The number of halogens is 1. The van der Waals surface area contributed by atoms with Gasteiger partial charge < -0.3 is 5.32 Å². The molecule has 1 saturated carbocycles. The molecule has 4 rings (SSSR count). The van der Waals surface area contributed by atoms with Crippen LogP contribution in [0.3, 0.4) is 0 Å². The molecule has 1 fully saturated rings. The van der Waals surface area contributed by atoms with Gasteiger partial charge in [-0.15, -0.1) is 0 Å². The number of carbonyl (C=O) groups excluding carboxylic acids is 1. The quantitative estimate of drug-likeness (QED) is 0.524. The first kappa shape index (κ1) is 22.2. The maximum Gasteiger partial charge on any atom is 0.237 e. The Labute approximate surface area is 192 Å². The fourth-order valence-corrected chi connectivity index (χ4v) is 4.76. The van der Waals surface area contributed by atoms with Gasteiger partial charge in [-0.1, -0.05) is 48.0 Å². The van der Waals surface area contributed by atoms with Crippen molar-refractivity contribution in [3.63, 3.8) is 0 Å². The van der Waals surface area contributed by atoms with Gasteiger partial charge in [-0.3, -0.25) is 9.52 Å². The number of carbonyl (C=O) groups is 1. The van der Waals surface area contributed by atoms with Crippen molar-refractivity contribution in [1.82, 2.24) is 9.97 Å². The molecule has 0 saturated heterocycles. The first-order chi connectivity index (χ1) is 15.2. The van der Waals surface area contributed by atoms with Crippen LogP contribution < -0.4 is 10.0 Å². The van der Waals surface area contributed by atoms with Gasteiger partial charge in [0.15, 0.2) is 0 Å². The van der Waals surface area contributed by atoms with Crippen molar-refractivity contribution in [3.8, 4) is 11.1 Å². The normalized spacial score (nSPS) is 14.1. The van der Waals surface area contributed by atoms with E-state index in [0.717, 1.165) is 11.1 Å². The Bertz CT molecular complexity index is 1260. The second-order valence-corrected chi connectivity index (χ2v) is 10.6. The molecule has 0 radical (unpaired) electrons. The molecular formula is C23H23ClN4O3S. The second kappa shape index (κ2) is 8.52. The fourth-order valence-electron chi connectivity index (χ4n) is 3.19. The number of benzene rings is 2. The highest BCUT2D eigenvalue weighted by Crippen LogP contribution is 2.32. The Balaban J connectivity index is 1.51. The van der Waals surface area contributed by atoms with Crippen LogP contribution in [0.4, 0.5) is 11.6 Å². The summed E-state index contributed by atoms with van der Waals surface area (Å²) in [6.07, 6.45) is 2.71. The standard InChI is InChI=1S/C23H23ClN4O3S/c1-23(2,20-12-13-25-22(27-20)28-32(30,31)17-9-10-17)21(29)26-16-8-11-18(19(24)14-16)15-6-4-3-5-7-15/h3-8,11-14,17H,9-10H2,1-2H3,(H,26,29)(H,25,27,28).